The summed E-state index contributed by atoms with van der Waals surface area (Å²) >= 11 is 0. The third-order valence-corrected chi connectivity index (χ3v) is 3.62. The molecule has 0 aliphatic heterocycles. The Kier molecular flexibility index (Phi) is 6.03. The van der Waals surface area contributed by atoms with Crippen molar-refractivity contribution in [3.8, 4) is 18.1 Å². The molecular weight excluding hydrogens is 298 g/mol. The summed E-state index contributed by atoms with van der Waals surface area (Å²) in [4.78, 5) is 14.5. The molecule has 0 saturated heterocycles. The van der Waals surface area contributed by atoms with Crippen molar-refractivity contribution < 1.29 is 9.53 Å². The molecule has 0 bridgehead atoms. The molecule has 0 aromatic heterocycles. The van der Waals surface area contributed by atoms with Crippen LogP contribution in [0.25, 0.3) is 0 Å². The molecule has 0 atom stereocenters. The van der Waals surface area contributed by atoms with Gasteiger partial charge in [0.15, 0.2) is 0 Å². The van der Waals surface area contributed by atoms with E-state index in [0.29, 0.717) is 6.54 Å². The number of hydrogen-bond acceptors (Lipinski definition) is 2. The van der Waals surface area contributed by atoms with Crippen LogP contribution in [0.5, 0.6) is 5.75 Å². The lowest BCUT2D eigenvalue weighted by Gasteiger charge is -2.22. The van der Waals surface area contributed by atoms with E-state index in [0.717, 1.165) is 22.6 Å². The van der Waals surface area contributed by atoms with Gasteiger partial charge in [-0.2, -0.15) is 0 Å². The largest absolute Gasteiger partial charge is 0.491 e. The minimum Gasteiger partial charge on any atom is -0.491 e. The van der Waals surface area contributed by atoms with E-state index in [1.807, 2.05) is 69.3 Å². The van der Waals surface area contributed by atoms with Crippen molar-refractivity contribution >= 4 is 11.6 Å². The average molecular weight is 321 g/mol. The highest BCUT2D eigenvalue weighted by atomic mass is 16.5. The standard InChI is InChI=1S/C21H23NO2/c1-5-17-10-9-12-19(14-17)22(6-2)21(23)15-18-11-7-8-13-20(18)24-16(3)4/h1,7-14,16H,6,15H2,2-4H3. The van der Waals surface area contributed by atoms with E-state index < -0.39 is 0 Å². The maximum absolute atomic E-state index is 12.8. The zero-order valence-corrected chi connectivity index (χ0v) is 14.5. The first-order valence-electron chi connectivity index (χ1n) is 8.16. The monoisotopic (exact) mass is 321 g/mol. The van der Waals surface area contributed by atoms with Gasteiger partial charge in [-0.3, -0.25) is 4.79 Å². The van der Waals surface area contributed by atoms with E-state index in [-0.39, 0.29) is 18.4 Å². The fourth-order valence-electron chi connectivity index (χ4n) is 2.54. The number of hydrogen-bond donors (Lipinski definition) is 0. The first-order chi connectivity index (χ1) is 11.5. The lowest BCUT2D eigenvalue weighted by atomic mass is 10.1. The van der Waals surface area contributed by atoms with E-state index in [2.05, 4.69) is 5.92 Å². The average Bonchev–Trinajstić information content (AvgIpc) is 2.57. The molecule has 0 saturated carbocycles. The number of carbonyl (C=O) groups is 1. The van der Waals surface area contributed by atoms with Gasteiger partial charge in [0.05, 0.1) is 12.5 Å². The van der Waals surface area contributed by atoms with Crippen LogP contribution >= 0.6 is 0 Å². The van der Waals surface area contributed by atoms with Crippen molar-refractivity contribution in [3.05, 3.63) is 59.7 Å². The predicted molar refractivity (Wildman–Crippen MR) is 98.3 cm³/mol. The van der Waals surface area contributed by atoms with Crippen molar-refractivity contribution in [2.24, 2.45) is 0 Å². The Balaban J connectivity index is 2.23. The van der Waals surface area contributed by atoms with Gasteiger partial charge >= 0.3 is 0 Å². The smallest absolute Gasteiger partial charge is 0.231 e. The van der Waals surface area contributed by atoms with Crippen molar-refractivity contribution in [1.29, 1.82) is 0 Å². The second-order valence-corrected chi connectivity index (χ2v) is 5.78. The number of rotatable bonds is 6. The fraction of sp³-hybridized carbons (Fsp3) is 0.286. The molecule has 0 aliphatic rings. The Labute approximate surface area is 144 Å². The van der Waals surface area contributed by atoms with Crippen molar-refractivity contribution in [3.63, 3.8) is 0 Å². The molecular formula is C21H23NO2. The number of terminal acetylenes is 1. The normalized spacial score (nSPS) is 10.3. The Morgan fingerprint density at radius 2 is 1.96 bits per heavy atom. The van der Waals surface area contributed by atoms with Crippen LogP contribution in [0, 0.1) is 12.3 Å². The number of anilines is 1. The SMILES string of the molecule is C#Cc1cccc(N(CC)C(=O)Cc2ccccc2OC(C)C)c1. The van der Waals surface area contributed by atoms with E-state index in [1.165, 1.54) is 0 Å². The van der Waals surface area contributed by atoms with Gasteiger partial charge < -0.3 is 9.64 Å². The van der Waals surface area contributed by atoms with Crippen LogP contribution in [-0.2, 0) is 11.2 Å². The van der Waals surface area contributed by atoms with Gasteiger partial charge in [-0.05, 0) is 45.0 Å². The second-order valence-electron chi connectivity index (χ2n) is 5.78. The maximum Gasteiger partial charge on any atom is 0.231 e. The van der Waals surface area contributed by atoms with Crippen LogP contribution in [0.3, 0.4) is 0 Å². The number of likely N-dealkylation sites (N-methyl/N-ethyl adjacent to an activating group) is 1. The molecule has 3 nitrogen and oxygen atoms in total. The summed E-state index contributed by atoms with van der Waals surface area (Å²) in [6, 6.07) is 15.2. The van der Waals surface area contributed by atoms with Crippen LogP contribution in [0.4, 0.5) is 5.69 Å². The number of carbonyl (C=O) groups excluding carboxylic acids is 1. The molecule has 0 unspecified atom stereocenters. The third-order valence-electron chi connectivity index (χ3n) is 3.62. The maximum atomic E-state index is 12.8. The molecule has 124 valence electrons. The molecule has 0 heterocycles. The minimum absolute atomic E-state index is 0.0199. The summed E-state index contributed by atoms with van der Waals surface area (Å²) in [7, 11) is 0. The molecule has 2 aromatic rings. The molecule has 0 spiro atoms. The Morgan fingerprint density at radius 1 is 1.21 bits per heavy atom. The minimum atomic E-state index is 0.0199. The second kappa shape index (κ2) is 8.21. The predicted octanol–water partition coefficient (Wildman–Crippen LogP) is 4.05. The number of ether oxygens (including phenoxy) is 1. The van der Waals surface area contributed by atoms with Gasteiger partial charge in [0, 0.05) is 23.4 Å². The van der Waals surface area contributed by atoms with Crippen molar-refractivity contribution in [2.75, 3.05) is 11.4 Å². The highest BCUT2D eigenvalue weighted by Gasteiger charge is 2.17. The van der Waals surface area contributed by atoms with Crippen molar-refractivity contribution in [2.45, 2.75) is 33.3 Å². The van der Waals surface area contributed by atoms with Gasteiger partial charge in [-0.25, -0.2) is 0 Å². The summed E-state index contributed by atoms with van der Waals surface area (Å²) in [5.41, 5.74) is 2.48. The van der Waals surface area contributed by atoms with Crippen LogP contribution in [0.15, 0.2) is 48.5 Å². The molecule has 0 fully saturated rings. The van der Waals surface area contributed by atoms with E-state index in [4.69, 9.17) is 11.2 Å². The molecule has 0 radical (unpaired) electrons. The number of para-hydroxylation sites is 1. The molecule has 2 aromatic carbocycles. The van der Waals surface area contributed by atoms with Crippen LogP contribution in [-0.4, -0.2) is 18.6 Å². The lowest BCUT2D eigenvalue weighted by molar-refractivity contribution is -0.118. The fourth-order valence-corrected chi connectivity index (χ4v) is 2.54. The van der Waals surface area contributed by atoms with Gasteiger partial charge in [0.1, 0.15) is 5.75 Å². The molecule has 1 amide bonds. The van der Waals surface area contributed by atoms with E-state index >= 15 is 0 Å². The van der Waals surface area contributed by atoms with Gasteiger partial charge in [-0.15, -0.1) is 6.42 Å². The highest BCUT2D eigenvalue weighted by molar-refractivity contribution is 5.95. The van der Waals surface area contributed by atoms with E-state index in [9.17, 15) is 4.79 Å². The summed E-state index contributed by atoms with van der Waals surface area (Å²) in [6.45, 7) is 6.49. The number of amides is 1. The van der Waals surface area contributed by atoms with Gasteiger partial charge in [0.2, 0.25) is 5.91 Å². The number of benzene rings is 2. The van der Waals surface area contributed by atoms with Gasteiger partial charge in [0.25, 0.3) is 0 Å². The molecule has 24 heavy (non-hydrogen) atoms. The van der Waals surface area contributed by atoms with Gasteiger partial charge in [-0.1, -0.05) is 30.2 Å². The summed E-state index contributed by atoms with van der Waals surface area (Å²) < 4.78 is 5.80. The Morgan fingerprint density at radius 3 is 2.62 bits per heavy atom. The quantitative estimate of drug-likeness (QED) is 0.751. The van der Waals surface area contributed by atoms with E-state index in [1.54, 1.807) is 4.90 Å². The molecule has 3 heteroatoms. The molecule has 2 rings (SSSR count). The van der Waals surface area contributed by atoms with Crippen LogP contribution < -0.4 is 9.64 Å². The van der Waals surface area contributed by atoms with Crippen molar-refractivity contribution in [1.82, 2.24) is 0 Å². The topological polar surface area (TPSA) is 29.5 Å². The Bertz CT molecular complexity index is 743. The Hall–Kier alpha value is -2.73. The molecule has 0 N–H and O–H groups in total. The first kappa shape index (κ1) is 17.6. The highest BCUT2D eigenvalue weighted by Crippen LogP contribution is 2.22. The van der Waals surface area contributed by atoms with Crippen LogP contribution in [0.1, 0.15) is 31.9 Å². The summed E-state index contributed by atoms with van der Waals surface area (Å²) in [5, 5.41) is 0. The van der Waals surface area contributed by atoms with Crippen LogP contribution in [0.2, 0.25) is 0 Å². The zero-order valence-electron chi connectivity index (χ0n) is 14.5. The summed E-state index contributed by atoms with van der Waals surface area (Å²) in [6.07, 6.45) is 5.81. The number of nitrogens with zero attached hydrogens (tertiary/aromatic N) is 1. The lowest BCUT2D eigenvalue weighted by Crippen LogP contribution is -2.32. The third kappa shape index (κ3) is 4.39. The zero-order chi connectivity index (χ0) is 17.5. The first-order valence-corrected chi connectivity index (χ1v) is 8.16. The molecule has 0 aliphatic carbocycles. The summed E-state index contributed by atoms with van der Waals surface area (Å²) in [5.74, 6) is 3.39.